The summed E-state index contributed by atoms with van der Waals surface area (Å²) in [4.78, 5) is 10.4. The SMILES string of the molecule is COCC1(O)CCN(c2ncc(OC/C(N)=C/F)cn2)CC1. The standard InChI is InChI=1S/C14H21FN4O3/c1-21-10-14(20)2-4-19(5-3-14)13-17-7-12(8-18-13)22-9-11(16)6-15/h6-8,20H,2-5,9-10,16H2,1H3/b11-6-. The van der Waals surface area contributed by atoms with E-state index in [9.17, 15) is 9.50 Å². The Kier molecular flexibility index (Phi) is 5.51. The lowest BCUT2D eigenvalue weighted by molar-refractivity contribution is -0.0473. The van der Waals surface area contributed by atoms with Crippen molar-refractivity contribution in [2.75, 3.05) is 38.3 Å². The second-order valence-electron chi connectivity index (χ2n) is 5.34. The second kappa shape index (κ2) is 7.37. The minimum absolute atomic E-state index is 0.00228. The molecule has 0 aromatic carbocycles. The van der Waals surface area contributed by atoms with E-state index in [1.165, 1.54) is 12.4 Å². The van der Waals surface area contributed by atoms with Crippen LogP contribution in [0.5, 0.6) is 5.75 Å². The van der Waals surface area contributed by atoms with Gasteiger partial charge in [-0.05, 0) is 12.8 Å². The minimum Gasteiger partial charge on any atom is -0.484 e. The second-order valence-corrected chi connectivity index (χ2v) is 5.34. The minimum atomic E-state index is -0.773. The lowest BCUT2D eigenvalue weighted by Crippen LogP contribution is -2.47. The molecule has 0 unspecified atom stereocenters. The molecule has 0 bridgehead atoms. The highest BCUT2D eigenvalue weighted by Gasteiger charge is 2.33. The van der Waals surface area contributed by atoms with Gasteiger partial charge in [-0.25, -0.2) is 14.4 Å². The Balaban J connectivity index is 1.89. The molecule has 0 atom stereocenters. The topological polar surface area (TPSA) is 93.7 Å². The summed E-state index contributed by atoms with van der Waals surface area (Å²) in [5, 5.41) is 10.3. The normalized spacial score (nSPS) is 18.3. The van der Waals surface area contributed by atoms with Gasteiger partial charge < -0.3 is 25.2 Å². The maximum absolute atomic E-state index is 12.1. The highest BCUT2D eigenvalue weighted by Crippen LogP contribution is 2.25. The van der Waals surface area contributed by atoms with Gasteiger partial charge in [-0.15, -0.1) is 0 Å². The Hall–Kier alpha value is -1.93. The monoisotopic (exact) mass is 312 g/mol. The van der Waals surface area contributed by atoms with Crippen molar-refractivity contribution < 1.29 is 19.0 Å². The molecule has 8 heteroatoms. The highest BCUT2D eigenvalue weighted by atomic mass is 19.1. The molecule has 2 rings (SSSR count). The zero-order chi connectivity index (χ0) is 16.0. The lowest BCUT2D eigenvalue weighted by atomic mass is 9.92. The number of aliphatic hydroxyl groups is 1. The number of anilines is 1. The average Bonchev–Trinajstić information content (AvgIpc) is 2.54. The van der Waals surface area contributed by atoms with E-state index in [0.717, 1.165) is 0 Å². The van der Waals surface area contributed by atoms with Crippen molar-refractivity contribution in [2.24, 2.45) is 5.73 Å². The Labute approximate surface area is 128 Å². The van der Waals surface area contributed by atoms with Crippen LogP contribution in [0.2, 0.25) is 0 Å². The molecule has 22 heavy (non-hydrogen) atoms. The van der Waals surface area contributed by atoms with Gasteiger partial charge in [-0.1, -0.05) is 0 Å². The maximum atomic E-state index is 12.1. The van der Waals surface area contributed by atoms with Crippen LogP contribution in [0.3, 0.4) is 0 Å². The molecular formula is C14H21FN4O3. The third-order valence-electron chi connectivity index (χ3n) is 3.55. The molecule has 1 aromatic heterocycles. The van der Waals surface area contributed by atoms with Crippen LogP contribution in [0.15, 0.2) is 24.4 Å². The molecule has 1 saturated heterocycles. The number of nitrogens with two attached hydrogens (primary N) is 1. The zero-order valence-corrected chi connectivity index (χ0v) is 12.5. The summed E-state index contributed by atoms with van der Waals surface area (Å²) in [5.41, 5.74) is 4.52. The molecule has 1 aromatic rings. The van der Waals surface area contributed by atoms with Gasteiger partial charge in [0.15, 0.2) is 5.75 Å². The van der Waals surface area contributed by atoms with E-state index >= 15 is 0 Å². The number of rotatable bonds is 6. The van der Waals surface area contributed by atoms with Crippen molar-refractivity contribution in [3.05, 3.63) is 24.4 Å². The number of aromatic nitrogens is 2. The van der Waals surface area contributed by atoms with E-state index < -0.39 is 5.60 Å². The van der Waals surface area contributed by atoms with Crippen LogP contribution in [-0.4, -0.2) is 54.1 Å². The third-order valence-corrected chi connectivity index (χ3v) is 3.55. The Morgan fingerprint density at radius 1 is 1.45 bits per heavy atom. The van der Waals surface area contributed by atoms with E-state index in [1.54, 1.807) is 7.11 Å². The number of ether oxygens (including phenoxy) is 2. The van der Waals surface area contributed by atoms with Crippen LogP contribution in [-0.2, 0) is 4.74 Å². The van der Waals surface area contributed by atoms with Crippen LogP contribution >= 0.6 is 0 Å². The molecule has 122 valence electrons. The molecule has 0 amide bonds. The molecule has 7 nitrogen and oxygen atoms in total. The Morgan fingerprint density at radius 3 is 2.64 bits per heavy atom. The molecule has 0 saturated carbocycles. The third kappa shape index (κ3) is 4.28. The van der Waals surface area contributed by atoms with Gasteiger partial charge in [-0.3, -0.25) is 0 Å². The molecule has 1 fully saturated rings. The zero-order valence-electron chi connectivity index (χ0n) is 12.5. The van der Waals surface area contributed by atoms with Crippen molar-refractivity contribution in [2.45, 2.75) is 18.4 Å². The molecular weight excluding hydrogens is 291 g/mol. The summed E-state index contributed by atoms with van der Waals surface area (Å²) in [6.07, 6.45) is 4.53. The fraction of sp³-hybridized carbons (Fsp3) is 0.571. The van der Waals surface area contributed by atoms with Gasteiger partial charge in [0.05, 0.1) is 30.3 Å². The van der Waals surface area contributed by atoms with Gasteiger partial charge >= 0.3 is 0 Å². The van der Waals surface area contributed by atoms with E-state index in [1.807, 2.05) is 4.90 Å². The summed E-state index contributed by atoms with van der Waals surface area (Å²) in [7, 11) is 1.58. The van der Waals surface area contributed by atoms with E-state index in [4.69, 9.17) is 15.2 Å². The molecule has 3 N–H and O–H groups in total. The van der Waals surface area contributed by atoms with E-state index in [0.29, 0.717) is 50.6 Å². The maximum Gasteiger partial charge on any atom is 0.225 e. The molecule has 0 radical (unpaired) electrons. The smallest absolute Gasteiger partial charge is 0.225 e. The van der Waals surface area contributed by atoms with Crippen molar-refractivity contribution >= 4 is 5.95 Å². The summed E-state index contributed by atoms with van der Waals surface area (Å²) in [6.45, 7) is 1.58. The Bertz CT molecular complexity index is 501. The molecule has 1 aliphatic rings. The number of hydrogen-bond donors (Lipinski definition) is 2. The molecule has 2 heterocycles. The van der Waals surface area contributed by atoms with Crippen LogP contribution in [0, 0.1) is 0 Å². The number of piperidine rings is 1. The molecule has 0 spiro atoms. The van der Waals surface area contributed by atoms with E-state index in [-0.39, 0.29) is 12.3 Å². The average molecular weight is 312 g/mol. The predicted molar refractivity (Wildman–Crippen MR) is 79.2 cm³/mol. The number of halogens is 1. The van der Waals surface area contributed by atoms with Crippen LogP contribution in [0.25, 0.3) is 0 Å². The van der Waals surface area contributed by atoms with Gasteiger partial charge in [0.25, 0.3) is 0 Å². The fourth-order valence-electron chi connectivity index (χ4n) is 2.28. The first-order valence-electron chi connectivity index (χ1n) is 7.02. The van der Waals surface area contributed by atoms with Gasteiger partial charge in [-0.2, -0.15) is 0 Å². The van der Waals surface area contributed by atoms with Crippen molar-refractivity contribution in [1.82, 2.24) is 9.97 Å². The van der Waals surface area contributed by atoms with E-state index in [2.05, 4.69) is 9.97 Å². The van der Waals surface area contributed by atoms with Gasteiger partial charge in [0, 0.05) is 20.2 Å². The summed E-state index contributed by atoms with van der Waals surface area (Å²) in [5.74, 6) is 0.988. The van der Waals surface area contributed by atoms with Gasteiger partial charge in [0.2, 0.25) is 5.95 Å². The first-order valence-corrected chi connectivity index (χ1v) is 7.02. The van der Waals surface area contributed by atoms with Crippen molar-refractivity contribution in [3.63, 3.8) is 0 Å². The summed E-state index contributed by atoms with van der Waals surface area (Å²) < 4.78 is 22.4. The number of hydrogen-bond acceptors (Lipinski definition) is 7. The van der Waals surface area contributed by atoms with Gasteiger partial charge in [0.1, 0.15) is 12.9 Å². The highest BCUT2D eigenvalue weighted by molar-refractivity contribution is 5.32. The van der Waals surface area contributed by atoms with Crippen LogP contribution in [0.4, 0.5) is 10.3 Å². The predicted octanol–water partition coefficient (Wildman–Crippen LogP) is 0.603. The largest absolute Gasteiger partial charge is 0.484 e. The van der Waals surface area contributed by atoms with Crippen LogP contribution < -0.4 is 15.4 Å². The summed E-state index contributed by atoms with van der Waals surface area (Å²) >= 11 is 0. The first kappa shape index (κ1) is 16.4. The Morgan fingerprint density at radius 2 is 2.09 bits per heavy atom. The summed E-state index contributed by atoms with van der Waals surface area (Å²) in [6, 6.07) is 0. The number of methoxy groups -OCH3 is 1. The van der Waals surface area contributed by atoms with Crippen LogP contribution in [0.1, 0.15) is 12.8 Å². The molecule has 1 aliphatic heterocycles. The lowest BCUT2D eigenvalue weighted by Gasteiger charge is -2.37. The first-order chi connectivity index (χ1) is 10.6. The number of nitrogens with zero attached hydrogens (tertiary/aromatic N) is 3. The van der Waals surface area contributed by atoms with Crippen molar-refractivity contribution in [3.8, 4) is 5.75 Å². The quantitative estimate of drug-likeness (QED) is 0.794. The molecule has 0 aliphatic carbocycles. The fourth-order valence-corrected chi connectivity index (χ4v) is 2.28. The van der Waals surface area contributed by atoms with Crippen molar-refractivity contribution in [1.29, 1.82) is 0 Å².